The number of nitrogens with zero attached hydrogens (tertiary/aromatic N) is 7. The number of piperidine rings is 1. The van der Waals surface area contributed by atoms with E-state index in [1.165, 1.54) is 11.6 Å². The summed E-state index contributed by atoms with van der Waals surface area (Å²) in [6, 6.07) is 4.10. The number of aromatic nitrogens is 6. The van der Waals surface area contributed by atoms with Crippen LogP contribution < -0.4 is 5.32 Å². The highest BCUT2D eigenvalue weighted by Gasteiger charge is 2.72. The maximum absolute atomic E-state index is 14.1. The van der Waals surface area contributed by atoms with Crippen molar-refractivity contribution in [3.8, 4) is 11.3 Å². The number of cyclic esters (lactones) is 2. The molecule has 0 bridgehead atoms. The first-order chi connectivity index (χ1) is 21.5. The molecule has 6 heterocycles. The Balaban J connectivity index is 1.21. The Hall–Kier alpha value is -4.79. The Bertz CT molecular complexity index is 1910. The molecule has 2 saturated heterocycles. The minimum absolute atomic E-state index is 0.0593. The van der Waals surface area contributed by atoms with Crippen LogP contribution in [0.4, 0.5) is 10.6 Å². The predicted octanol–water partition coefficient (Wildman–Crippen LogP) is 3.40. The second-order valence-corrected chi connectivity index (χ2v) is 12.4. The lowest BCUT2D eigenvalue weighted by Crippen LogP contribution is -2.47. The van der Waals surface area contributed by atoms with E-state index in [0.29, 0.717) is 44.8 Å². The van der Waals surface area contributed by atoms with Crippen LogP contribution in [0.5, 0.6) is 0 Å². The first-order valence-corrected chi connectivity index (χ1v) is 15.1. The van der Waals surface area contributed by atoms with E-state index in [0.717, 1.165) is 5.56 Å². The molecule has 3 aliphatic rings. The van der Waals surface area contributed by atoms with Crippen LogP contribution >= 0.6 is 15.9 Å². The SMILES string of the molecule is CC(=O)c1nn(CC(=O)N2[C@H](C(=O)Nc3nc(Br)ccc3C)C[C@@]3([C@H]4COC(=O)O4)C[C@@H]23)c2cnc(-c3cnc(C)nc3)cc12. The van der Waals surface area contributed by atoms with E-state index in [-0.39, 0.29) is 43.0 Å². The summed E-state index contributed by atoms with van der Waals surface area (Å²) in [4.78, 5) is 71.2. The number of anilines is 1. The number of halogens is 1. The van der Waals surface area contributed by atoms with Gasteiger partial charge in [0, 0.05) is 41.7 Å². The van der Waals surface area contributed by atoms with Gasteiger partial charge in [0.15, 0.2) is 5.78 Å². The zero-order chi connectivity index (χ0) is 31.6. The maximum Gasteiger partial charge on any atom is 0.508 e. The zero-order valence-corrected chi connectivity index (χ0v) is 26.1. The van der Waals surface area contributed by atoms with Crippen molar-refractivity contribution in [2.75, 3.05) is 11.9 Å². The first kappa shape index (κ1) is 29.0. The summed E-state index contributed by atoms with van der Waals surface area (Å²) in [6.45, 7) is 4.82. The van der Waals surface area contributed by atoms with Crippen LogP contribution in [-0.4, -0.2) is 83.2 Å². The Kier molecular flexibility index (Phi) is 6.87. The topological polar surface area (TPSA) is 171 Å². The number of pyridine rings is 2. The van der Waals surface area contributed by atoms with Gasteiger partial charge in [-0.1, -0.05) is 6.07 Å². The van der Waals surface area contributed by atoms with Crippen molar-refractivity contribution in [2.24, 2.45) is 5.41 Å². The number of Topliss-reactive ketones (excluding diaryl/α,β-unsaturated/α-hetero) is 1. The molecule has 230 valence electrons. The fourth-order valence-electron chi connectivity index (χ4n) is 6.40. The number of carbonyl (C=O) groups excluding carboxylic acids is 4. The third-order valence-electron chi connectivity index (χ3n) is 8.78. The molecule has 2 aliphatic heterocycles. The van der Waals surface area contributed by atoms with Crippen LogP contribution in [-0.2, 0) is 25.6 Å². The minimum Gasteiger partial charge on any atom is -0.430 e. The van der Waals surface area contributed by atoms with Gasteiger partial charge in [0.05, 0.1) is 17.4 Å². The van der Waals surface area contributed by atoms with Gasteiger partial charge in [0.1, 0.15) is 47.2 Å². The minimum atomic E-state index is -0.865. The first-order valence-electron chi connectivity index (χ1n) is 14.3. The van der Waals surface area contributed by atoms with Crippen LogP contribution in [0, 0.1) is 19.3 Å². The molecule has 4 aromatic rings. The highest BCUT2D eigenvalue weighted by molar-refractivity contribution is 9.10. The highest BCUT2D eigenvalue weighted by Crippen LogP contribution is 2.63. The number of fused-ring (bicyclic) bond motifs is 2. The molecule has 45 heavy (non-hydrogen) atoms. The molecule has 1 aliphatic carbocycles. The average molecular weight is 676 g/mol. The molecule has 14 nitrogen and oxygen atoms in total. The van der Waals surface area contributed by atoms with Gasteiger partial charge in [-0.05, 0) is 60.3 Å². The van der Waals surface area contributed by atoms with E-state index in [1.54, 1.807) is 42.5 Å². The largest absolute Gasteiger partial charge is 0.508 e. The van der Waals surface area contributed by atoms with E-state index >= 15 is 0 Å². The van der Waals surface area contributed by atoms with Crippen LogP contribution in [0.3, 0.4) is 0 Å². The number of ether oxygens (including phenoxy) is 2. The number of rotatable bonds is 7. The summed E-state index contributed by atoms with van der Waals surface area (Å²) in [5, 5.41) is 7.90. The van der Waals surface area contributed by atoms with Crippen molar-refractivity contribution in [2.45, 2.75) is 58.3 Å². The lowest BCUT2D eigenvalue weighted by Gasteiger charge is -2.27. The molecule has 0 aromatic carbocycles. The maximum atomic E-state index is 14.1. The van der Waals surface area contributed by atoms with E-state index in [4.69, 9.17) is 9.47 Å². The number of amides is 2. The Morgan fingerprint density at radius 3 is 2.60 bits per heavy atom. The highest BCUT2D eigenvalue weighted by atomic mass is 79.9. The summed E-state index contributed by atoms with van der Waals surface area (Å²) in [7, 11) is 0. The Labute approximate surface area is 264 Å². The molecule has 1 N–H and O–H groups in total. The normalized spacial score (nSPS) is 23.4. The van der Waals surface area contributed by atoms with Gasteiger partial charge in [-0.2, -0.15) is 5.10 Å². The lowest BCUT2D eigenvalue weighted by atomic mass is 9.93. The molecule has 7 rings (SSSR count). The van der Waals surface area contributed by atoms with Gasteiger partial charge in [-0.25, -0.2) is 19.7 Å². The number of hydrogen-bond donors (Lipinski definition) is 1. The number of carbonyl (C=O) groups is 4. The fraction of sp³-hybridized carbons (Fsp3) is 0.367. The molecule has 3 fully saturated rings. The second kappa shape index (κ2) is 10.7. The van der Waals surface area contributed by atoms with Crippen LogP contribution in [0.1, 0.15) is 41.6 Å². The molecule has 0 spiro atoms. The third-order valence-corrected chi connectivity index (χ3v) is 9.22. The van der Waals surface area contributed by atoms with Crippen LogP contribution in [0.25, 0.3) is 22.2 Å². The van der Waals surface area contributed by atoms with Gasteiger partial charge in [0.2, 0.25) is 11.8 Å². The van der Waals surface area contributed by atoms with Crippen molar-refractivity contribution in [3.05, 3.63) is 58.5 Å². The number of hydrogen-bond acceptors (Lipinski definition) is 11. The van der Waals surface area contributed by atoms with E-state index < -0.39 is 29.6 Å². The van der Waals surface area contributed by atoms with E-state index in [9.17, 15) is 19.2 Å². The van der Waals surface area contributed by atoms with Gasteiger partial charge >= 0.3 is 6.16 Å². The van der Waals surface area contributed by atoms with Gasteiger partial charge in [-0.3, -0.25) is 24.0 Å². The molecular weight excluding hydrogens is 648 g/mol. The second-order valence-electron chi connectivity index (χ2n) is 11.6. The standard InChI is InChI=1S/C30H27BrN8O6/c1-14-4-5-24(31)35-27(14)36-28(42)20-7-30(23-13-44-29(43)45-23)8-22(30)39(20)25(41)12-38-21-11-34-19(17-9-32-16(3)33-10-17)6-18(21)26(37-38)15(2)40/h4-6,9-11,20,22-23H,7-8,12-13H2,1-3H3,(H,35,36,42)/t20-,22+,23+,30+/m0/s1. The summed E-state index contributed by atoms with van der Waals surface area (Å²) < 4.78 is 12.5. The van der Waals surface area contributed by atoms with Crippen molar-refractivity contribution in [1.82, 2.24) is 34.6 Å². The lowest BCUT2D eigenvalue weighted by molar-refractivity contribution is -0.138. The Morgan fingerprint density at radius 1 is 1.11 bits per heavy atom. The number of nitrogens with one attached hydrogen (secondary N) is 1. The molecule has 0 unspecified atom stereocenters. The van der Waals surface area contributed by atoms with Crippen molar-refractivity contribution < 1.29 is 28.7 Å². The van der Waals surface area contributed by atoms with Gasteiger partial charge < -0.3 is 19.7 Å². The quantitative estimate of drug-likeness (QED) is 0.173. The number of likely N-dealkylation sites (tertiary alicyclic amines) is 1. The number of ketones is 1. The Morgan fingerprint density at radius 2 is 1.89 bits per heavy atom. The summed E-state index contributed by atoms with van der Waals surface area (Å²) in [5.74, 6) is -0.0691. The monoisotopic (exact) mass is 674 g/mol. The van der Waals surface area contributed by atoms with Crippen molar-refractivity contribution in [3.63, 3.8) is 0 Å². The third kappa shape index (κ3) is 5.00. The fourth-order valence-corrected chi connectivity index (χ4v) is 6.71. The van der Waals surface area contributed by atoms with E-state index in [1.807, 2.05) is 13.0 Å². The molecular formula is C30H27BrN8O6. The molecule has 1 saturated carbocycles. The molecule has 2 amide bonds. The summed E-state index contributed by atoms with van der Waals surface area (Å²) in [5.41, 5.74) is 2.05. The van der Waals surface area contributed by atoms with Crippen molar-refractivity contribution in [1.29, 1.82) is 0 Å². The molecule has 15 heteroatoms. The van der Waals surface area contributed by atoms with Crippen LogP contribution in [0.2, 0.25) is 0 Å². The smallest absolute Gasteiger partial charge is 0.430 e. The molecule has 4 aromatic heterocycles. The molecule has 4 atom stereocenters. The van der Waals surface area contributed by atoms with Crippen LogP contribution in [0.15, 0.2) is 41.4 Å². The summed E-state index contributed by atoms with van der Waals surface area (Å²) in [6.07, 6.45) is 4.36. The average Bonchev–Trinajstić information content (AvgIpc) is 3.28. The van der Waals surface area contributed by atoms with Gasteiger partial charge in [0.25, 0.3) is 0 Å². The molecule has 0 radical (unpaired) electrons. The zero-order valence-electron chi connectivity index (χ0n) is 24.5. The predicted molar refractivity (Wildman–Crippen MR) is 161 cm³/mol. The van der Waals surface area contributed by atoms with Crippen molar-refractivity contribution >= 4 is 56.4 Å². The van der Waals surface area contributed by atoms with E-state index in [2.05, 4.69) is 46.3 Å². The van der Waals surface area contributed by atoms with Gasteiger partial charge in [-0.15, -0.1) is 0 Å². The summed E-state index contributed by atoms with van der Waals surface area (Å²) >= 11 is 3.34. The number of aryl methyl sites for hydroxylation is 2.